The van der Waals surface area contributed by atoms with Gasteiger partial charge in [0.05, 0.1) is 20.8 Å². The van der Waals surface area contributed by atoms with Gasteiger partial charge in [-0.25, -0.2) is 5.11 Å². The minimum atomic E-state index is -0.0473. The largest absolute Gasteiger partial charge is 0.493 e. The van der Waals surface area contributed by atoms with Gasteiger partial charge < -0.3 is 9.47 Å². The van der Waals surface area contributed by atoms with Crippen LogP contribution in [0.15, 0.2) is 18.2 Å². The van der Waals surface area contributed by atoms with E-state index in [0.29, 0.717) is 5.75 Å². The van der Waals surface area contributed by atoms with Gasteiger partial charge in [-0.1, -0.05) is 13.0 Å². The zero-order valence-electron chi connectivity index (χ0n) is 9.45. The quantitative estimate of drug-likeness (QED) is 0.746. The molecule has 1 rings (SSSR count). The highest BCUT2D eigenvalue weighted by molar-refractivity contribution is 5.42. The van der Waals surface area contributed by atoms with Crippen LogP contribution in [0.1, 0.15) is 12.5 Å². The summed E-state index contributed by atoms with van der Waals surface area (Å²) in [5.41, 5.74) is 1.11. The normalized spacial score (nSPS) is 12.3. The lowest BCUT2D eigenvalue weighted by atomic mass is 10.0. The highest BCUT2D eigenvalue weighted by Crippen LogP contribution is 2.28. The van der Waals surface area contributed by atoms with Crippen molar-refractivity contribution in [1.82, 2.24) is 0 Å². The molecule has 0 spiro atoms. The number of rotatable bonds is 5. The SMILES string of the molecule is COc1ccc(CC(C)C[O])cc1OC. The Bertz CT molecular complexity index is 310. The highest BCUT2D eigenvalue weighted by Gasteiger charge is 2.07. The molecular formula is C12H17O3. The van der Waals surface area contributed by atoms with Crippen molar-refractivity contribution in [2.75, 3.05) is 20.8 Å². The fourth-order valence-electron chi connectivity index (χ4n) is 1.47. The van der Waals surface area contributed by atoms with Gasteiger partial charge in [-0.3, -0.25) is 0 Å². The maximum absolute atomic E-state index is 10.7. The van der Waals surface area contributed by atoms with Gasteiger partial charge in [0.2, 0.25) is 0 Å². The van der Waals surface area contributed by atoms with Crippen molar-refractivity contribution in [3.63, 3.8) is 0 Å². The van der Waals surface area contributed by atoms with Crippen molar-refractivity contribution < 1.29 is 14.6 Å². The van der Waals surface area contributed by atoms with E-state index in [4.69, 9.17) is 9.47 Å². The molecule has 0 bridgehead atoms. The molecule has 0 saturated heterocycles. The predicted molar refractivity (Wildman–Crippen MR) is 58.0 cm³/mol. The molecule has 0 aliphatic heterocycles. The Kier molecular flexibility index (Phi) is 4.43. The molecule has 0 saturated carbocycles. The zero-order chi connectivity index (χ0) is 11.3. The van der Waals surface area contributed by atoms with E-state index in [0.717, 1.165) is 17.7 Å². The van der Waals surface area contributed by atoms with Gasteiger partial charge in [0.1, 0.15) is 0 Å². The van der Waals surface area contributed by atoms with Crippen molar-refractivity contribution in [3.8, 4) is 11.5 Å². The molecule has 1 radical (unpaired) electrons. The molecule has 1 aromatic carbocycles. The first-order chi connectivity index (χ1) is 7.21. The van der Waals surface area contributed by atoms with Crippen molar-refractivity contribution in [2.24, 2.45) is 5.92 Å². The summed E-state index contributed by atoms with van der Waals surface area (Å²) in [6.45, 7) is 1.90. The smallest absolute Gasteiger partial charge is 0.160 e. The molecule has 3 nitrogen and oxygen atoms in total. The molecule has 3 heteroatoms. The minimum absolute atomic E-state index is 0.0473. The second kappa shape index (κ2) is 5.61. The average Bonchev–Trinajstić information content (AvgIpc) is 2.28. The van der Waals surface area contributed by atoms with Crippen LogP contribution in [0.3, 0.4) is 0 Å². The highest BCUT2D eigenvalue weighted by atomic mass is 16.5. The number of hydrogen-bond donors (Lipinski definition) is 0. The van der Waals surface area contributed by atoms with Gasteiger partial charge in [-0.05, 0) is 30.0 Å². The lowest BCUT2D eigenvalue weighted by Gasteiger charge is -2.11. The molecule has 83 valence electrons. The van der Waals surface area contributed by atoms with Crippen LogP contribution in [0.2, 0.25) is 0 Å². The Morgan fingerprint density at radius 3 is 2.40 bits per heavy atom. The molecule has 0 aliphatic rings. The van der Waals surface area contributed by atoms with E-state index in [1.807, 2.05) is 25.1 Å². The number of methoxy groups -OCH3 is 2. The van der Waals surface area contributed by atoms with E-state index < -0.39 is 0 Å². The van der Waals surface area contributed by atoms with E-state index >= 15 is 0 Å². The summed E-state index contributed by atoms with van der Waals surface area (Å²) in [7, 11) is 3.22. The average molecular weight is 209 g/mol. The molecule has 0 N–H and O–H groups in total. The topological polar surface area (TPSA) is 38.4 Å². The molecule has 0 aliphatic carbocycles. The fraction of sp³-hybridized carbons (Fsp3) is 0.500. The molecule has 0 aromatic heterocycles. The lowest BCUT2D eigenvalue weighted by molar-refractivity contribution is 0.151. The van der Waals surface area contributed by atoms with E-state index in [9.17, 15) is 5.11 Å². The van der Waals surface area contributed by atoms with E-state index in [1.165, 1.54) is 0 Å². The third-order valence-electron chi connectivity index (χ3n) is 2.32. The van der Waals surface area contributed by atoms with Crippen molar-refractivity contribution >= 4 is 0 Å². The minimum Gasteiger partial charge on any atom is -0.493 e. The van der Waals surface area contributed by atoms with Crippen LogP contribution in [0.5, 0.6) is 11.5 Å². The summed E-state index contributed by atoms with van der Waals surface area (Å²) < 4.78 is 10.3. The van der Waals surface area contributed by atoms with Gasteiger partial charge in [0.25, 0.3) is 0 Å². The summed E-state index contributed by atoms with van der Waals surface area (Å²) in [5.74, 6) is 1.59. The van der Waals surface area contributed by atoms with Crippen LogP contribution in [0, 0.1) is 5.92 Å². The second-order valence-electron chi connectivity index (χ2n) is 3.67. The maximum atomic E-state index is 10.7. The molecule has 0 amide bonds. The molecule has 0 fully saturated rings. The van der Waals surface area contributed by atoms with Crippen molar-refractivity contribution in [2.45, 2.75) is 13.3 Å². The predicted octanol–water partition coefficient (Wildman–Crippen LogP) is 2.31. The van der Waals surface area contributed by atoms with E-state index in [2.05, 4.69) is 0 Å². The van der Waals surface area contributed by atoms with Gasteiger partial charge in [-0.15, -0.1) is 0 Å². The molecule has 1 aromatic rings. The molecule has 1 atom stereocenters. The first-order valence-corrected chi connectivity index (χ1v) is 5.00. The maximum Gasteiger partial charge on any atom is 0.160 e. The number of ether oxygens (including phenoxy) is 2. The van der Waals surface area contributed by atoms with Gasteiger partial charge in [0.15, 0.2) is 11.5 Å². The molecular weight excluding hydrogens is 192 g/mol. The Hall–Kier alpha value is -1.22. The standard InChI is InChI=1S/C12H17O3/c1-9(8-13)6-10-4-5-11(14-2)12(7-10)15-3/h4-5,7,9H,6,8H2,1-3H3. The summed E-state index contributed by atoms with van der Waals surface area (Å²) in [6, 6.07) is 5.75. The molecule has 0 heterocycles. The van der Waals surface area contributed by atoms with Gasteiger partial charge in [0, 0.05) is 0 Å². The van der Waals surface area contributed by atoms with Crippen LogP contribution in [-0.4, -0.2) is 20.8 Å². The van der Waals surface area contributed by atoms with E-state index in [-0.39, 0.29) is 12.5 Å². The number of benzene rings is 1. The Morgan fingerprint density at radius 2 is 1.87 bits per heavy atom. The second-order valence-corrected chi connectivity index (χ2v) is 3.67. The zero-order valence-corrected chi connectivity index (χ0v) is 9.45. The fourth-order valence-corrected chi connectivity index (χ4v) is 1.47. The Labute approximate surface area is 90.6 Å². The van der Waals surface area contributed by atoms with E-state index in [1.54, 1.807) is 14.2 Å². The third-order valence-corrected chi connectivity index (χ3v) is 2.32. The Morgan fingerprint density at radius 1 is 1.20 bits per heavy atom. The monoisotopic (exact) mass is 209 g/mol. The van der Waals surface area contributed by atoms with Crippen LogP contribution < -0.4 is 9.47 Å². The Balaban J connectivity index is 2.83. The van der Waals surface area contributed by atoms with Crippen LogP contribution in [0.25, 0.3) is 0 Å². The first-order valence-electron chi connectivity index (χ1n) is 5.00. The molecule has 1 unspecified atom stereocenters. The lowest BCUT2D eigenvalue weighted by Crippen LogP contribution is -2.03. The van der Waals surface area contributed by atoms with Crippen molar-refractivity contribution in [1.29, 1.82) is 0 Å². The van der Waals surface area contributed by atoms with Crippen LogP contribution in [-0.2, 0) is 11.5 Å². The van der Waals surface area contributed by atoms with Crippen LogP contribution in [0.4, 0.5) is 0 Å². The van der Waals surface area contributed by atoms with Crippen molar-refractivity contribution in [3.05, 3.63) is 23.8 Å². The summed E-state index contributed by atoms with van der Waals surface area (Å²) in [4.78, 5) is 0. The first kappa shape index (κ1) is 11.9. The number of hydrogen-bond acceptors (Lipinski definition) is 2. The van der Waals surface area contributed by atoms with Gasteiger partial charge >= 0.3 is 0 Å². The summed E-state index contributed by atoms with van der Waals surface area (Å²) in [6.07, 6.45) is 0.782. The van der Waals surface area contributed by atoms with Crippen LogP contribution >= 0.6 is 0 Å². The molecule has 15 heavy (non-hydrogen) atoms. The summed E-state index contributed by atoms with van der Waals surface area (Å²) >= 11 is 0. The third kappa shape index (κ3) is 3.13. The summed E-state index contributed by atoms with van der Waals surface area (Å²) in [5, 5.41) is 10.7. The van der Waals surface area contributed by atoms with Gasteiger partial charge in [-0.2, -0.15) is 0 Å².